The number of hydrogen-bond donors (Lipinski definition) is 0. The first kappa shape index (κ1) is 16.5. The monoisotopic (exact) mass is 357 g/mol. The molecule has 4 rings (SSSR count). The van der Waals surface area contributed by atoms with Gasteiger partial charge in [0.25, 0.3) is 0 Å². The molecule has 0 unspecified atom stereocenters. The van der Waals surface area contributed by atoms with Crippen LogP contribution < -0.4 is 16.0 Å². The minimum Gasteiger partial charge on any atom is -0.378 e. The summed E-state index contributed by atoms with van der Waals surface area (Å²) < 4.78 is 7.57. The van der Waals surface area contributed by atoms with Gasteiger partial charge in [-0.2, -0.15) is 0 Å². The molecule has 2 aromatic rings. The fourth-order valence-corrected chi connectivity index (χ4v) is 3.23. The van der Waals surface area contributed by atoms with Gasteiger partial charge in [-0.15, -0.1) is 5.10 Å². The normalized spacial score (nSPS) is 16.6. The van der Waals surface area contributed by atoms with E-state index in [0.29, 0.717) is 45.3 Å². The molecule has 1 saturated heterocycles. The van der Waals surface area contributed by atoms with Gasteiger partial charge in [-0.05, 0) is 12.1 Å². The average Bonchev–Trinajstić information content (AvgIpc) is 3.11. The molecule has 1 aromatic carbocycles. The Bertz CT molecular complexity index is 930. The van der Waals surface area contributed by atoms with Crippen LogP contribution in [0.2, 0.25) is 0 Å². The molecule has 0 radical (unpaired) electrons. The second-order valence-electron chi connectivity index (χ2n) is 6.20. The van der Waals surface area contributed by atoms with E-state index in [9.17, 15) is 14.4 Å². The van der Waals surface area contributed by atoms with Crippen LogP contribution in [-0.4, -0.2) is 58.0 Å². The molecule has 0 atom stereocenters. The van der Waals surface area contributed by atoms with Crippen molar-refractivity contribution in [1.82, 2.24) is 19.2 Å². The van der Waals surface area contributed by atoms with Crippen molar-refractivity contribution in [2.24, 2.45) is 0 Å². The topological polar surface area (TPSA) is 89.7 Å². The summed E-state index contributed by atoms with van der Waals surface area (Å²) in [6.07, 6.45) is 0. The van der Waals surface area contributed by atoms with Crippen LogP contribution in [0.1, 0.15) is 0 Å². The molecule has 0 aliphatic carbocycles. The van der Waals surface area contributed by atoms with Crippen LogP contribution in [0, 0.1) is 0 Å². The largest absolute Gasteiger partial charge is 0.378 e. The molecular formula is C17H19N5O4. The fourth-order valence-electron chi connectivity index (χ4n) is 3.23. The highest BCUT2D eigenvalue weighted by atomic mass is 16.5. The molecule has 1 fully saturated rings. The summed E-state index contributed by atoms with van der Waals surface area (Å²) in [6, 6.07) is 9.52. The predicted molar refractivity (Wildman–Crippen MR) is 93.6 cm³/mol. The summed E-state index contributed by atoms with van der Waals surface area (Å²) in [6.45, 7) is 2.61. The third-order valence-electron chi connectivity index (χ3n) is 4.62. The van der Waals surface area contributed by atoms with E-state index < -0.39 is 11.1 Å². The molecule has 0 saturated carbocycles. The van der Waals surface area contributed by atoms with Crippen LogP contribution in [0.25, 0.3) is 0 Å². The summed E-state index contributed by atoms with van der Waals surface area (Å²) in [5.41, 5.74) is -0.538. The molecule has 1 aromatic heterocycles. The summed E-state index contributed by atoms with van der Waals surface area (Å²) in [5.74, 6) is 0.145. The Kier molecular flexibility index (Phi) is 4.29. The number of ether oxygens (including phenoxy) is 1. The van der Waals surface area contributed by atoms with Crippen LogP contribution in [0.5, 0.6) is 0 Å². The van der Waals surface area contributed by atoms with Crippen LogP contribution in [-0.2, 0) is 22.6 Å². The number of aromatic nitrogens is 3. The number of benzene rings is 1. The highest BCUT2D eigenvalue weighted by molar-refractivity contribution is 5.76. The highest BCUT2D eigenvalue weighted by Crippen LogP contribution is 2.25. The molecule has 3 heterocycles. The van der Waals surface area contributed by atoms with Gasteiger partial charge >= 0.3 is 11.1 Å². The Morgan fingerprint density at radius 1 is 1.00 bits per heavy atom. The fraction of sp³-hybridized carbons (Fsp3) is 0.412. The average molecular weight is 357 g/mol. The van der Waals surface area contributed by atoms with Gasteiger partial charge in [-0.25, -0.2) is 4.68 Å². The molecule has 2 aliphatic heterocycles. The molecule has 9 nitrogen and oxygen atoms in total. The molecular weight excluding hydrogens is 338 g/mol. The summed E-state index contributed by atoms with van der Waals surface area (Å²) in [5, 5.41) is 4.32. The summed E-state index contributed by atoms with van der Waals surface area (Å²) >= 11 is 0. The van der Waals surface area contributed by atoms with E-state index in [0.717, 1.165) is 10.4 Å². The standard InChI is InChI=1S/C17H19N5O4/c23-14(19-8-10-26-11-9-19)12-22-16(25)15(24)21-7-6-20(17(21)18-22)13-4-2-1-3-5-13/h1-5H,6-12H2. The predicted octanol–water partition coefficient (Wildman–Crippen LogP) is -0.584. The molecule has 1 amide bonds. The maximum atomic E-state index is 12.4. The molecule has 26 heavy (non-hydrogen) atoms. The lowest BCUT2D eigenvalue weighted by Crippen LogP contribution is -2.47. The first-order valence-corrected chi connectivity index (χ1v) is 8.55. The van der Waals surface area contributed by atoms with E-state index in [-0.39, 0.29) is 12.5 Å². The van der Waals surface area contributed by atoms with Gasteiger partial charge in [-0.3, -0.25) is 19.0 Å². The third kappa shape index (κ3) is 2.90. The van der Waals surface area contributed by atoms with Crippen molar-refractivity contribution in [1.29, 1.82) is 0 Å². The van der Waals surface area contributed by atoms with E-state index in [4.69, 9.17) is 4.74 Å². The second-order valence-corrected chi connectivity index (χ2v) is 6.20. The molecule has 9 heteroatoms. The minimum atomic E-state index is -0.773. The number of amides is 1. The van der Waals surface area contributed by atoms with Gasteiger partial charge in [0, 0.05) is 31.9 Å². The van der Waals surface area contributed by atoms with Crippen LogP contribution >= 0.6 is 0 Å². The number of anilines is 2. The number of rotatable bonds is 3. The number of fused-ring (bicyclic) bond motifs is 1. The maximum absolute atomic E-state index is 12.4. The lowest BCUT2D eigenvalue weighted by atomic mass is 10.3. The summed E-state index contributed by atoms with van der Waals surface area (Å²) in [4.78, 5) is 40.7. The quantitative estimate of drug-likeness (QED) is 0.683. The summed E-state index contributed by atoms with van der Waals surface area (Å²) in [7, 11) is 0. The van der Waals surface area contributed by atoms with Crippen molar-refractivity contribution >= 4 is 17.5 Å². The smallest absolute Gasteiger partial charge is 0.333 e. The van der Waals surface area contributed by atoms with Crippen LogP contribution in [0.15, 0.2) is 39.9 Å². The van der Waals surface area contributed by atoms with E-state index in [1.165, 1.54) is 4.57 Å². The van der Waals surface area contributed by atoms with Crippen molar-refractivity contribution in [3.05, 3.63) is 51.0 Å². The molecule has 136 valence electrons. The van der Waals surface area contributed by atoms with Gasteiger partial charge in [0.15, 0.2) is 0 Å². The van der Waals surface area contributed by atoms with E-state index in [2.05, 4.69) is 5.10 Å². The Morgan fingerprint density at radius 2 is 1.73 bits per heavy atom. The van der Waals surface area contributed by atoms with E-state index >= 15 is 0 Å². The van der Waals surface area contributed by atoms with Crippen molar-refractivity contribution in [2.45, 2.75) is 13.1 Å². The number of carbonyl (C=O) groups is 1. The highest BCUT2D eigenvalue weighted by Gasteiger charge is 2.27. The van der Waals surface area contributed by atoms with Crippen molar-refractivity contribution in [2.75, 3.05) is 37.7 Å². The van der Waals surface area contributed by atoms with E-state index in [1.54, 1.807) is 4.90 Å². The van der Waals surface area contributed by atoms with Crippen LogP contribution in [0.4, 0.5) is 11.6 Å². The van der Waals surface area contributed by atoms with Gasteiger partial charge in [-0.1, -0.05) is 18.2 Å². The van der Waals surface area contributed by atoms with Gasteiger partial charge < -0.3 is 14.5 Å². The molecule has 2 aliphatic rings. The Labute approximate surface area is 149 Å². The Morgan fingerprint density at radius 3 is 2.46 bits per heavy atom. The zero-order valence-electron chi connectivity index (χ0n) is 14.2. The third-order valence-corrected chi connectivity index (χ3v) is 4.62. The van der Waals surface area contributed by atoms with Gasteiger partial charge in [0.1, 0.15) is 6.54 Å². The lowest BCUT2D eigenvalue weighted by molar-refractivity contribution is -0.136. The van der Waals surface area contributed by atoms with Crippen LogP contribution in [0.3, 0.4) is 0 Å². The molecule has 0 bridgehead atoms. The maximum Gasteiger partial charge on any atom is 0.333 e. The Hall–Kier alpha value is -2.94. The number of nitrogens with zero attached hydrogens (tertiary/aromatic N) is 5. The van der Waals surface area contributed by atoms with Gasteiger partial charge in [0.05, 0.1) is 13.2 Å². The van der Waals surface area contributed by atoms with Crippen molar-refractivity contribution in [3.8, 4) is 0 Å². The molecule has 0 N–H and O–H groups in total. The van der Waals surface area contributed by atoms with Crippen molar-refractivity contribution in [3.63, 3.8) is 0 Å². The Balaban J connectivity index is 1.67. The van der Waals surface area contributed by atoms with Crippen molar-refractivity contribution < 1.29 is 9.53 Å². The zero-order valence-corrected chi connectivity index (χ0v) is 14.2. The zero-order chi connectivity index (χ0) is 18.1. The first-order chi connectivity index (χ1) is 12.6. The van der Waals surface area contributed by atoms with Gasteiger partial charge in [0.2, 0.25) is 11.9 Å². The number of carbonyl (C=O) groups excluding carboxylic acids is 1. The lowest BCUT2D eigenvalue weighted by Gasteiger charge is -2.27. The first-order valence-electron chi connectivity index (χ1n) is 8.55. The second kappa shape index (κ2) is 6.75. The number of morpholine rings is 1. The SMILES string of the molecule is O=C(Cn1nc2n(c(=O)c1=O)CCN2c1ccccc1)N1CCOCC1. The minimum absolute atomic E-state index is 0.239. The molecule has 0 spiro atoms. The number of hydrogen-bond acceptors (Lipinski definition) is 6. The number of para-hydroxylation sites is 1. The van der Waals surface area contributed by atoms with E-state index in [1.807, 2.05) is 35.2 Å².